The van der Waals surface area contributed by atoms with Crippen LogP contribution in [0.25, 0.3) is 11.2 Å². The molecule has 9 heteroatoms. The maximum atomic E-state index is 12.5. The molecule has 0 aliphatic rings. The molecule has 0 atom stereocenters. The van der Waals surface area contributed by atoms with E-state index in [1.165, 1.54) is 12.3 Å². The number of fused-ring (bicyclic) bond motifs is 1. The SMILES string of the molecule is O=C(O)CSc1nc2cccnc2n1CC(F)(F)F. The van der Waals surface area contributed by atoms with Crippen molar-refractivity contribution < 1.29 is 23.1 Å². The normalized spacial score (nSPS) is 11.9. The minimum Gasteiger partial charge on any atom is -0.481 e. The molecule has 1 N–H and O–H groups in total. The summed E-state index contributed by atoms with van der Waals surface area (Å²) < 4.78 is 38.4. The lowest BCUT2D eigenvalue weighted by atomic mass is 10.4. The highest BCUT2D eigenvalue weighted by molar-refractivity contribution is 7.99. The van der Waals surface area contributed by atoms with Gasteiger partial charge in [-0.2, -0.15) is 13.2 Å². The van der Waals surface area contributed by atoms with Crippen molar-refractivity contribution in [3.63, 3.8) is 0 Å². The molecular formula is C10H8F3N3O2S. The van der Waals surface area contributed by atoms with Gasteiger partial charge in [0.05, 0.1) is 5.75 Å². The zero-order valence-corrected chi connectivity index (χ0v) is 10.2. The van der Waals surface area contributed by atoms with Gasteiger partial charge in [-0.3, -0.25) is 9.36 Å². The van der Waals surface area contributed by atoms with E-state index in [9.17, 15) is 18.0 Å². The van der Waals surface area contributed by atoms with Crippen molar-refractivity contribution >= 4 is 28.9 Å². The lowest BCUT2D eigenvalue weighted by Gasteiger charge is -2.10. The predicted molar refractivity (Wildman–Crippen MR) is 61.9 cm³/mol. The summed E-state index contributed by atoms with van der Waals surface area (Å²) in [4.78, 5) is 18.3. The van der Waals surface area contributed by atoms with E-state index in [-0.39, 0.29) is 16.6 Å². The second kappa shape index (κ2) is 5.08. The molecule has 102 valence electrons. The van der Waals surface area contributed by atoms with Crippen LogP contribution in [0.15, 0.2) is 23.5 Å². The average Bonchev–Trinajstić information content (AvgIpc) is 2.63. The number of aliphatic carboxylic acids is 1. The summed E-state index contributed by atoms with van der Waals surface area (Å²) in [5.74, 6) is -1.48. The summed E-state index contributed by atoms with van der Waals surface area (Å²) in [5, 5.41) is 8.57. The van der Waals surface area contributed by atoms with E-state index in [0.29, 0.717) is 5.52 Å². The molecule has 5 nitrogen and oxygen atoms in total. The minimum absolute atomic E-state index is 0.00609. The third kappa shape index (κ3) is 3.37. The van der Waals surface area contributed by atoms with Crippen LogP contribution in [0.1, 0.15) is 0 Å². The van der Waals surface area contributed by atoms with Crippen LogP contribution in [-0.4, -0.2) is 37.5 Å². The predicted octanol–water partition coefficient (Wildman–Crippen LogP) is 2.17. The van der Waals surface area contributed by atoms with Crippen molar-refractivity contribution in [2.75, 3.05) is 5.75 Å². The molecule has 0 aliphatic carbocycles. The molecule has 0 aromatic carbocycles. The molecule has 2 aromatic heterocycles. The van der Waals surface area contributed by atoms with E-state index in [1.807, 2.05) is 0 Å². The molecule has 2 heterocycles. The molecule has 0 unspecified atom stereocenters. The number of aromatic nitrogens is 3. The number of carboxylic acids is 1. The standard InChI is InChI=1S/C10H8F3N3O2S/c11-10(12,13)5-16-8-6(2-1-3-14-8)15-9(16)19-4-7(17)18/h1-3H,4-5H2,(H,17,18). The van der Waals surface area contributed by atoms with E-state index < -0.39 is 18.7 Å². The largest absolute Gasteiger partial charge is 0.481 e. The number of nitrogens with zero attached hydrogens (tertiary/aromatic N) is 3. The Morgan fingerprint density at radius 2 is 2.21 bits per heavy atom. The van der Waals surface area contributed by atoms with Crippen molar-refractivity contribution in [2.45, 2.75) is 17.9 Å². The van der Waals surface area contributed by atoms with E-state index in [1.54, 1.807) is 6.07 Å². The molecule has 0 spiro atoms. The second-order valence-electron chi connectivity index (χ2n) is 3.62. The molecule has 2 rings (SSSR count). The quantitative estimate of drug-likeness (QED) is 0.874. The van der Waals surface area contributed by atoms with Gasteiger partial charge >= 0.3 is 12.1 Å². The highest BCUT2D eigenvalue weighted by atomic mass is 32.2. The molecule has 0 aliphatic heterocycles. The van der Waals surface area contributed by atoms with E-state index in [4.69, 9.17) is 5.11 Å². The van der Waals surface area contributed by atoms with Gasteiger partial charge in [0, 0.05) is 6.20 Å². The Bertz CT molecular complexity index is 612. The topological polar surface area (TPSA) is 68.0 Å². The van der Waals surface area contributed by atoms with Crippen molar-refractivity contribution in [1.82, 2.24) is 14.5 Å². The van der Waals surface area contributed by atoms with E-state index in [2.05, 4.69) is 9.97 Å². The van der Waals surface area contributed by atoms with E-state index >= 15 is 0 Å². The Labute approximate surface area is 109 Å². The number of hydrogen-bond acceptors (Lipinski definition) is 4. The van der Waals surface area contributed by atoms with Gasteiger partial charge < -0.3 is 5.11 Å². The van der Waals surface area contributed by atoms with Crippen LogP contribution in [0.2, 0.25) is 0 Å². The highest BCUT2D eigenvalue weighted by Crippen LogP contribution is 2.27. The monoisotopic (exact) mass is 291 g/mol. The summed E-state index contributed by atoms with van der Waals surface area (Å²) >= 11 is 0.734. The maximum absolute atomic E-state index is 12.5. The molecule has 19 heavy (non-hydrogen) atoms. The molecule has 2 aromatic rings. The Balaban J connectivity index is 2.42. The number of alkyl halides is 3. The molecule has 0 radical (unpaired) electrons. The van der Waals surface area contributed by atoms with Gasteiger partial charge in [0.25, 0.3) is 0 Å². The highest BCUT2D eigenvalue weighted by Gasteiger charge is 2.30. The first kappa shape index (κ1) is 13.7. The molecule has 0 saturated carbocycles. The molecule has 0 saturated heterocycles. The Kier molecular flexibility index (Phi) is 3.65. The van der Waals surface area contributed by atoms with Crippen molar-refractivity contribution in [3.8, 4) is 0 Å². The fourth-order valence-corrected chi connectivity index (χ4v) is 2.22. The van der Waals surface area contributed by atoms with Crippen LogP contribution in [0.3, 0.4) is 0 Å². The number of rotatable bonds is 4. The first-order valence-electron chi connectivity index (χ1n) is 5.09. The van der Waals surface area contributed by atoms with Gasteiger partial charge in [0.2, 0.25) is 0 Å². The van der Waals surface area contributed by atoms with Gasteiger partial charge in [-0.05, 0) is 12.1 Å². The molecule has 0 amide bonds. The van der Waals surface area contributed by atoms with Crippen LogP contribution >= 0.6 is 11.8 Å². The number of carboxylic acid groups (broad SMARTS) is 1. The van der Waals surface area contributed by atoms with Gasteiger partial charge in [-0.15, -0.1) is 0 Å². The van der Waals surface area contributed by atoms with Gasteiger partial charge in [0.1, 0.15) is 12.1 Å². The number of hydrogen-bond donors (Lipinski definition) is 1. The number of halogens is 3. The van der Waals surface area contributed by atoms with Crippen molar-refractivity contribution in [1.29, 1.82) is 0 Å². The van der Waals surface area contributed by atoms with Crippen LogP contribution < -0.4 is 0 Å². The number of carbonyl (C=O) groups is 1. The van der Waals surface area contributed by atoms with Gasteiger partial charge in [0.15, 0.2) is 10.8 Å². The summed E-state index contributed by atoms with van der Waals surface area (Å²) in [6.45, 7) is -1.25. The van der Waals surface area contributed by atoms with Crippen LogP contribution in [0, 0.1) is 0 Å². The number of imidazole rings is 1. The lowest BCUT2D eigenvalue weighted by molar-refractivity contribution is -0.141. The van der Waals surface area contributed by atoms with Gasteiger partial charge in [-0.25, -0.2) is 9.97 Å². The Morgan fingerprint density at radius 1 is 1.47 bits per heavy atom. The summed E-state index contributed by atoms with van der Waals surface area (Å²) in [7, 11) is 0. The van der Waals surface area contributed by atoms with Crippen LogP contribution in [0.4, 0.5) is 13.2 Å². The maximum Gasteiger partial charge on any atom is 0.406 e. The van der Waals surface area contributed by atoms with Crippen molar-refractivity contribution in [3.05, 3.63) is 18.3 Å². The Hall–Kier alpha value is -1.77. The fraction of sp³-hybridized carbons (Fsp3) is 0.300. The molecule has 0 bridgehead atoms. The third-order valence-electron chi connectivity index (χ3n) is 2.13. The zero-order valence-electron chi connectivity index (χ0n) is 9.39. The second-order valence-corrected chi connectivity index (χ2v) is 4.57. The van der Waals surface area contributed by atoms with Crippen molar-refractivity contribution in [2.24, 2.45) is 0 Å². The summed E-state index contributed by atoms with van der Waals surface area (Å²) in [5.41, 5.74) is 0.396. The van der Waals surface area contributed by atoms with Crippen LogP contribution in [0.5, 0.6) is 0 Å². The molecule has 0 fully saturated rings. The molecular weight excluding hydrogens is 283 g/mol. The average molecular weight is 291 g/mol. The zero-order chi connectivity index (χ0) is 14.0. The minimum atomic E-state index is -4.43. The first-order chi connectivity index (χ1) is 8.87. The third-order valence-corrected chi connectivity index (χ3v) is 3.09. The summed E-state index contributed by atoms with van der Waals surface area (Å²) in [6.07, 6.45) is -3.06. The van der Waals surface area contributed by atoms with E-state index in [0.717, 1.165) is 16.3 Å². The smallest absolute Gasteiger partial charge is 0.406 e. The number of pyridine rings is 1. The lowest BCUT2D eigenvalue weighted by Crippen LogP contribution is -2.18. The number of thioether (sulfide) groups is 1. The van der Waals surface area contributed by atoms with Gasteiger partial charge in [-0.1, -0.05) is 11.8 Å². The first-order valence-corrected chi connectivity index (χ1v) is 6.08. The van der Waals surface area contributed by atoms with Crippen LogP contribution in [-0.2, 0) is 11.3 Å². The Morgan fingerprint density at radius 3 is 2.84 bits per heavy atom. The fourth-order valence-electron chi connectivity index (χ4n) is 1.50. The summed E-state index contributed by atoms with van der Waals surface area (Å²) in [6, 6.07) is 3.08.